The molecular formula is C18H21N3O4. The van der Waals surface area contributed by atoms with E-state index in [-0.39, 0.29) is 24.0 Å². The summed E-state index contributed by atoms with van der Waals surface area (Å²) in [6.07, 6.45) is 3.51. The standard InChI is InChI=1S/C18H21N3O4/c1-4-12(2)13-7-5-6-8-15(13)25-11-17(22)21-16-10-19-14(9-20-16)18(23)24-3/h5-10,12H,4,11H2,1-3H3,(H,20,21,22). The number of ether oxygens (including phenoxy) is 2. The zero-order valence-electron chi connectivity index (χ0n) is 14.5. The van der Waals surface area contributed by atoms with E-state index in [1.165, 1.54) is 19.5 Å². The Bertz CT molecular complexity index is 731. The predicted octanol–water partition coefficient (Wildman–Crippen LogP) is 2.79. The average molecular weight is 343 g/mol. The Balaban J connectivity index is 1.94. The SMILES string of the molecule is CCC(C)c1ccccc1OCC(=O)Nc1cnc(C(=O)OC)cn1. The molecule has 2 rings (SSSR count). The number of carbonyl (C=O) groups is 2. The van der Waals surface area contributed by atoms with Crippen LogP contribution >= 0.6 is 0 Å². The lowest BCUT2D eigenvalue weighted by atomic mass is 9.98. The van der Waals surface area contributed by atoms with Gasteiger partial charge in [-0.1, -0.05) is 32.0 Å². The Kier molecular flexibility index (Phi) is 6.45. The number of aromatic nitrogens is 2. The smallest absolute Gasteiger partial charge is 0.358 e. The number of carbonyl (C=O) groups excluding carboxylic acids is 2. The summed E-state index contributed by atoms with van der Waals surface area (Å²) in [5, 5.41) is 2.57. The predicted molar refractivity (Wildman–Crippen MR) is 92.6 cm³/mol. The fraction of sp³-hybridized carbons (Fsp3) is 0.333. The van der Waals surface area contributed by atoms with Crippen molar-refractivity contribution in [2.75, 3.05) is 19.0 Å². The molecule has 7 heteroatoms. The number of esters is 1. The largest absolute Gasteiger partial charge is 0.483 e. The summed E-state index contributed by atoms with van der Waals surface area (Å²) in [6.45, 7) is 4.07. The molecule has 1 atom stereocenters. The van der Waals surface area contributed by atoms with E-state index in [1.807, 2.05) is 24.3 Å². The summed E-state index contributed by atoms with van der Waals surface area (Å²) in [7, 11) is 1.26. The van der Waals surface area contributed by atoms with Crippen LogP contribution in [0.5, 0.6) is 5.75 Å². The second kappa shape index (κ2) is 8.77. The minimum atomic E-state index is -0.588. The molecule has 7 nitrogen and oxygen atoms in total. The van der Waals surface area contributed by atoms with Crippen LogP contribution in [0.25, 0.3) is 0 Å². The molecule has 1 unspecified atom stereocenters. The number of hydrogen-bond acceptors (Lipinski definition) is 6. The highest BCUT2D eigenvalue weighted by molar-refractivity contribution is 5.91. The molecule has 0 saturated heterocycles. The summed E-state index contributed by atoms with van der Waals surface area (Å²) < 4.78 is 10.2. The van der Waals surface area contributed by atoms with Crippen LogP contribution in [-0.2, 0) is 9.53 Å². The molecule has 1 N–H and O–H groups in total. The van der Waals surface area contributed by atoms with Crippen molar-refractivity contribution in [1.82, 2.24) is 9.97 Å². The number of nitrogens with zero attached hydrogens (tertiary/aromatic N) is 2. The zero-order chi connectivity index (χ0) is 18.2. The molecule has 1 amide bonds. The highest BCUT2D eigenvalue weighted by atomic mass is 16.5. The van der Waals surface area contributed by atoms with Gasteiger partial charge < -0.3 is 14.8 Å². The first-order valence-corrected chi connectivity index (χ1v) is 7.97. The molecule has 0 saturated carbocycles. The van der Waals surface area contributed by atoms with Crippen molar-refractivity contribution in [2.45, 2.75) is 26.2 Å². The molecule has 1 heterocycles. The van der Waals surface area contributed by atoms with Gasteiger partial charge in [-0.15, -0.1) is 0 Å². The van der Waals surface area contributed by atoms with Gasteiger partial charge in [0.25, 0.3) is 5.91 Å². The molecule has 2 aromatic rings. The number of hydrogen-bond donors (Lipinski definition) is 1. The topological polar surface area (TPSA) is 90.4 Å². The molecule has 0 aliphatic rings. The molecule has 0 radical (unpaired) electrons. The Morgan fingerprint density at radius 3 is 2.60 bits per heavy atom. The quantitative estimate of drug-likeness (QED) is 0.778. The lowest BCUT2D eigenvalue weighted by Crippen LogP contribution is -2.21. The van der Waals surface area contributed by atoms with E-state index >= 15 is 0 Å². The normalized spacial score (nSPS) is 11.5. The summed E-state index contributed by atoms with van der Waals surface area (Å²) in [4.78, 5) is 31.1. The fourth-order valence-corrected chi connectivity index (χ4v) is 2.16. The van der Waals surface area contributed by atoms with Crippen LogP contribution in [0.2, 0.25) is 0 Å². The first-order chi connectivity index (χ1) is 12.0. The number of benzene rings is 1. The maximum absolute atomic E-state index is 12.0. The van der Waals surface area contributed by atoms with Gasteiger partial charge >= 0.3 is 5.97 Å². The Morgan fingerprint density at radius 2 is 1.96 bits per heavy atom. The molecule has 0 spiro atoms. The Morgan fingerprint density at radius 1 is 1.20 bits per heavy atom. The van der Waals surface area contributed by atoms with Gasteiger partial charge in [-0.3, -0.25) is 4.79 Å². The Hall–Kier alpha value is -2.96. The third-order valence-corrected chi connectivity index (χ3v) is 3.73. The third kappa shape index (κ3) is 5.00. The van der Waals surface area contributed by atoms with Gasteiger partial charge in [-0.05, 0) is 24.0 Å². The summed E-state index contributed by atoms with van der Waals surface area (Å²) >= 11 is 0. The van der Waals surface area contributed by atoms with Crippen LogP contribution in [0.4, 0.5) is 5.82 Å². The summed E-state index contributed by atoms with van der Waals surface area (Å²) in [5.74, 6) is 0.320. The van der Waals surface area contributed by atoms with Crippen LogP contribution in [0.3, 0.4) is 0 Å². The van der Waals surface area contributed by atoms with Gasteiger partial charge in [0.15, 0.2) is 18.1 Å². The molecule has 0 aliphatic carbocycles. The molecule has 0 fully saturated rings. The van der Waals surface area contributed by atoms with E-state index in [0.29, 0.717) is 11.7 Å². The minimum Gasteiger partial charge on any atom is -0.483 e. The number of amides is 1. The molecule has 132 valence electrons. The van der Waals surface area contributed by atoms with Gasteiger partial charge in [-0.2, -0.15) is 0 Å². The third-order valence-electron chi connectivity index (χ3n) is 3.73. The Labute approximate surface area is 146 Å². The van der Waals surface area contributed by atoms with Crippen molar-refractivity contribution in [3.63, 3.8) is 0 Å². The van der Waals surface area contributed by atoms with Gasteiger partial charge in [0.2, 0.25) is 0 Å². The van der Waals surface area contributed by atoms with Crippen molar-refractivity contribution in [2.24, 2.45) is 0 Å². The highest BCUT2D eigenvalue weighted by Crippen LogP contribution is 2.28. The van der Waals surface area contributed by atoms with Crippen LogP contribution in [0.1, 0.15) is 42.2 Å². The van der Waals surface area contributed by atoms with Crippen LogP contribution in [0.15, 0.2) is 36.7 Å². The average Bonchev–Trinajstić information content (AvgIpc) is 2.66. The van der Waals surface area contributed by atoms with Crippen molar-refractivity contribution >= 4 is 17.7 Å². The molecule has 0 bridgehead atoms. The van der Waals surface area contributed by atoms with Crippen molar-refractivity contribution in [3.05, 3.63) is 47.9 Å². The highest BCUT2D eigenvalue weighted by Gasteiger charge is 2.12. The lowest BCUT2D eigenvalue weighted by molar-refractivity contribution is -0.118. The second-order valence-electron chi connectivity index (χ2n) is 5.46. The zero-order valence-corrected chi connectivity index (χ0v) is 14.5. The first kappa shape index (κ1) is 18.4. The number of para-hydroxylation sites is 1. The maximum Gasteiger partial charge on any atom is 0.358 e. The number of rotatable bonds is 7. The van der Waals surface area contributed by atoms with Gasteiger partial charge in [0.05, 0.1) is 19.5 Å². The molecule has 1 aromatic heterocycles. The minimum absolute atomic E-state index is 0.0687. The van der Waals surface area contributed by atoms with Gasteiger partial charge in [0, 0.05) is 0 Å². The van der Waals surface area contributed by atoms with Crippen molar-refractivity contribution < 1.29 is 19.1 Å². The van der Waals surface area contributed by atoms with E-state index in [0.717, 1.165) is 12.0 Å². The summed E-state index contributed by atoms with van der Waals surface area (Å²) in [5.41, 5.74) is 1.14. The molecular weight excluding hydrogens is 322 g/mol. The van der Waals surface area contributed by atoms with Crippen LogP contribution in [-0.4, -0.2) is 35.6 Å². The monoisotopic (exact) mass is 343 g/mol. The van der Waals surface area contributed by atoms with E-state index in [9.17, 15) is 9.59 Å². The van der Waals surface area contributed by atoms with Crippen LogP contribution < -0.4 is 10.1 Å². The van der Waals surface area contributed by atoms with Crippen LogP contribution in [0, 0.1) is 0 Å². The van der Waals surface area contributed by atoms with E-state index < -0.39 is 5.97 Å². The van der Waals surface area contributed by atoms with E-state index in [4.69, 9.17) is 4.74 Å². The first-order valence-electron chi connectivity index (χ1n) is 7.97. The molecule has 0 aliphatic heterocycles. The number of anilines is 1. The number of nitrogens with one attached hydrogen (secondary N) is 1. The lowest BCUT2D eigenvalue weighted by Gasteiger charge is -2.15. The van der Waals surface area contributed by atoms with Crippen molar-refractivity contribution in [1.29, 1.82) is 0 Å². The second-order valence-corrected chi connectivity index (χ2v) is 5.46. The molecule has 1 aromatic carbocycles. The fourth-order valence-electron chi connectivity index (χ4n) is 2.16. The van der Waals surface area contributed by atoms with E-state index in [1.54, 1.807) is 0 Å². The number of methoxy groups -OCH3 is 1. The van der Waals surface area contributed by atoms with E-state index in [2.05, 4.69) is 33.9 Å². The van der Waals surface area contributed by atoms with Gasteiger partial charge in [-0.25, -0.2) is 14.8 Å². The molecule has 25 heavy (non-hydrogen) atoms. The van der Waals surface area contributed by atoms with Crippen molar-refractivity contribution in [3.8, 4) is 5.75 Å². The van der Waals surface area contributed by atoms with Gasteiger partial charge in [0.1, 0.15) is 5.75 Å². The maximum atomic E-state index is 12.0. The summed E-state index contributed by atoms with van der Waals surface area (Å²) in [6, 6.07) is 7.67.